The Labute approximate surface area is 140 Å². The van der Waals surface area contributed by atoms with Crippen LogP contribution in [0.25, 0.3) is 0 Å². The third-order valence-corrected chi connectivity index (χ3v) is 5.54. The lowest BCUT2D eigenvalue weighted by molar-refractivity contribution is 0.749. The molecule has 1 saturated carbocycles. The second-order valence-electron chi connectivity index (χ2n) is 5.80. The molecule has 112 valence electrons. The van der Waals surface area contributed by atoms with Crippen molar-refractivity contribution in [3.63, 3.8) is 0 Å². The van der Waals surface area contributed by atoms with E-state index in [1.54, 1.807) is 0 Å². The van der Waals surface area contributed by atoms with E-state index < -0.39 is 0 Å². The first-order valence-electron chi connectivity index (χ1n) is 7.49. The smallest absolute Gasteiger partial charge is 0.143 e. The molecule has 0 bridgehead atoms. The first kappa shape index (κ1) is 16.3. The molecule has 0 atom stereocenters. The highest BCUT2D eigenvalue weighted by Gasteiger charge is 2.29. The van der Waals surface area contributed by atoms with Crippen LogP contribution in [0.4, 0.5) is 5.82 Å². The summed E-state index contributed by atoms with van der Waals surface area (Å²) in [4.78, 5) is 9.55. The Kier molecular flexibility index (Phi) is 6.39. The number of nitrogens with one attached hydrogen (secondary N) is 1. The number of anilines is 1. The molecule has 1 aliphatic rings. The maximum atomic E-state index is 4.82. The van der Waals surface area contributed by atoms with Crippen molar-refractivity contribution in [2.45, 2.75) is 51.7 Å². The van der Waals surface area contributed by atoms with Crippen molar-refractivity contribution in [2.24, 2.45) is 5.92 Å². The zero-order valence-electron chi connectivity index (χ0n) is 12.6. The molecule has 3 nitrogen and oxygen atoms in total. The molecule has 0 unspecified atom stereocenters. The molecule has 0 saturated heterocycles. The van der Waals surface area contributed by atoms with E-state index in [-0.39, 0.29) is 0 Å². The summed E-state index contributed by atoms with van der Waals surface area (Å²) in [6.45, 7) is 7.68. The lowest BCUT2D eigenvalue weighted by atomic mass is 10.2. The average Bonchev–Trinajstić information content (AvgIpc) is 3.22. The predicted molar refractivity (Wildman–Crippen MR) is 96.5 cm³/mol. The van der Waals surface area contributed by atoms with Gasteiger partial charge in [-0.05, 0) is 53.5 Å². The summed E-state index contributed by atoms with van der Waals surface area (Å²) in [5, 5.41) is 3.46. The van der Waals surface area contributed by atoms with Crippen LogP contribution in [0.3, 0.4) is 0 Å². The van der Waals surface area contributed by atoms with Crippen LogP contribution in [0.5, 0.6) is 0 Å². The Hall–Kier alpha value is -0.0400. The first-order valence-corrected chi connectivity index (χ1v) is 9.73. The minimum atomic E-state index is 0.681. The summed E-state index contributed by atoms with van der Waals surface area (Å²) in [7, 11) is 0. The lowest BCUT2D eigenvalue weighted by Crippen LogP contribution is -2.10. The van der Waals surface area contributed by atoms with Gasteiger partial charge in [0.05, 0.1) is 15.0 Å². The van der Waals surface area contributed by atoms with Gasteiger partial charge in [0, 0.05) is 12.5 Å². The topological polar surface area (TPSA) is 37.8 Å². The van der Waals surface area contributed by atoms with Crippen LogP contribution >= 0.6 is 34.4 Å². The van der Waals surface area contributed by atoms with Crippen molar-refractivity contribution >= 4 is 40.2 Å². The summed E-state index contributed by atoms with van der Waals surface area (Å²) in [5.74, 6) is 5.55. The molecule has 1 N–H and O–H groups in total. The van der Waals surface area contributed by atoms with Crippen molar-refractivity contribution in [1.82, 2.24) is 9.97 Å². The fourth-order valence-electron chi connectivity index (χ4n) is 1.95. The van der Waals surface area contributed by atoms with E-state index >= 15 is 0 Å². The zero-order chi connectivity index (χ0) is 14.5. The Bertz CT molecular complexity index is 447. The number of halogens is 1. The van der Waals surface area contributed by atoms with E-state index in [1.165, 1.54) is 27.9 Å². The predicted octanol–water partition coefficient (Wildman–Crippen LogP) is 4.67. The van der Waals surface area contributed by atoms with Crippen LogP contribution in [-0.4, -0.2) is 22.3 Å². The summed E-state index contributed by atoms with van der Waals surface area (Å²) in [5.41, 5.74) is 1.28. The van der Waals surface area contributed by atoms with Gasteiger partial charge in [0.2, 0.25) is 0 Å². The van der Waals surface area contributed by atoms with Crippen LogP contribution in [-0.2, 0) is 5.75 Å². The van der Waals surface area contributed by atoms with E-state index in [4.69, 9.17) is 9.97 Å². The molecule has 0 radical (unpaired) electrons. The maximum Gasteiger partial charge on any atom is 0.143 e. The Morgan fingerprint density at radius 1 is 1.35 bits per heavy atom. The van der Waals surface area contributed by atoms with Gasteiger partial charge in [-0.2, -0.15) is 11.8 Å². The van der Waals surface area contributed by atoms with Crippen molar-refractivity contribution in [3.8, 4) is 0 Å². The van der Waals surface area contributed by atoms with Crippen LogP contribution in [0.2, 0.25) is 0 Å². The lowest BCUT2D eigenvalue weighted by Gasteiger charge is -2.12. The summed E-state index contributed by atoms with van der Waals surface area (Å²) in [6, 6.07) is 0. The molecule has 0 spiro atoms. The summed E-state index contributed by atoms with van der Waals surface area (Å²) in [6.07, 6.45) is 3.70. The minimum absolute atomic E-state index is 0.681. The fraction of sp³-hybridized carbons (Fsp3) is 0.733. The Balaban J connectivity index is 2.11. The molecule has 1 heterocycles. The van der Waals surface area contributed by atoms with Crippen molar-refractivity contribution in [1.29, 1.82) is 0 Å². The first-order chi connectivity index (χ1) is 9.61. The number of rotatable bonds is 8. The number of thioether (sulfide) groups is 1. The molecular weight excluding hydrogens is 381 g/mol. The molecule has 0 aliphatic heterocycles. The maximum absolute atomic E-state index is 4.82. The molecule has 1 aliphatic carbocycles. The molecule has 20 heavy (non-hydrogen) atoms. The van der Waals surface area contributed by atoms with Crippen molar-refractivity contribution in [2.75, 3.05) is 17.6 Å². The number of hydrogen-bond donors (Lipinski definition) is 1. The quantitative estimate of drug-likeness (QED) is 0.638. The molecular formula is C15H24IN3S. The van der Waals surface area contributed by atoms with Gasteiger partial charge in [0.1, 0.15) is 11.6 Å². The zero-order valence-corrected chi connectivity index (χ0v) is 15.6. The molecule has 2 rings (SSSR count). The average molecular weight is 405 g/mol. The number of nitrogens with zero attached hydrogens (tertiary/aromatic N) is 2. The second-order valence-corrected chi connectivity index (χ2v) is 7.91. The highest BCUT2D eigenvalue weighted by atomic mass is 127. The van der Waals surface area contributed by atoms with E-state index in [1.807, 2.05) is 11.8 Å². The van der Waals surface area contributed by atoms with Crippen molar-refractivity contribution in [3.05, 3.63) is 15.1 Å². The number of hydrogen-bond acceptors (Lipinski definition) is 4. The van der Waals surface area contributed by atoms with Gasteiger partial charge in [0.25, 0.3) is 0 Å². The van der Waals surface area contributed by atoms with Crippen LogP contribution < -0.4 is 5.32 Å². The Morgan fingerprint density at radius 2 is 2.10 bits per heavy atom. The normalized spacial score (nSPS) is 14.8. The van der Waals surface area contributed by atoms with Crippen LogP contribution in [0.1, 0.15) is 57.5 Å². The van der Waals surface area contributed by atoms with E-state index in [9.17, 15) is 0 Å². The van der Waals surface area contributed by atoms with E-state index in [0.29, 0.717) is 5.92 Å². The SMILES string of the molecule is CCCNc1nc(CSCC(C)C)nc(C2CC2)c1I. The van der Waals surface area contributed by atoms with Gasteiger partial charge in [-0.1, -0.05) is 20.8 Å². The van der Waals surface area contributed by atoms with Gasteiger partial charge >= 0.3 is 0 Å². The van der Waals surface area contributed by atoms with Crippen LogP contribution in [0, 0.1) is 9.49 Å². The molecule has 5 heteroatoms. The van der Waals surface area contributed by atoms with E-state index in [0.717, 1.165) is 36.3 Å². The third kappa shape index (κ3) is 4.76. The molecule has 1 aromatic heterocycles. The highest BCUT2D eigenvalue weighted by Crippen LogP contribution is 2.42. The Morgan fingerprint density at radius 3 is 2.70 bits per heavy atom. The van der Waals surface area contributed by atoms with Crippen molar-refractivity contribution < 1.29 is 0 Å². The summed E-state index contributed by atoms with van der Waals surface area (Å²) >= 11 is 4.35. The molecule has 0 amide bonds. The van der Waals surface area contributed by atoms with Gasteiger partial charge in [-0.15, -0.1) is 0 Å². The molecule has 1 fully saturated rings. The fourth-order valence-corrected chi connectivity index (χ4v) is 3.72. The highest BCUT2D eigenvalue weighted by molar-refractivity contribution is 14.1. The van der Waals surface area contributed by atoms with Gasteiger partial charge in [0.15, 0.2) is 0 Å². The van der Waals surface area contributed by atoms with Crippen LogP contribution in [0.15, 0.2) is 0 Å². The van der Waals surface area contributed by atoms with E-state index in [2.05, 4.69) is 48.7 Å². The monoisotopic (exact) mass is 405 g/mol. The third-order valence-electron chi connectivity index (χ3n) is 3.11. The van der Waals surface area contributed by atoms with Gasteiger partial charge < -0.3 is 5.32 Å². The second kappa shape index (κ2) is 7.82. The summed E-state index contributed by atoms with van der Waals surface area (Å²) < 4.78 is 1.23. The largest absolute Gasteiger partial charge is 0.369 e. The number of aromatic nitrogens is 2. The molecule has 0 aromatic carbocycles. The molecule has 1 aromatic rings. The van der Waals surface area contributed by atoms with Gasteiger partial charge in [-0.3, -0.25) is 0 Å². The minimum Gasteiger partial charge on any atom is -0.369 e. The standard InChI is InChI=1S/C15H24IN3S/c1-4-7-17-15-13(16)14(11-5-6-11)18-12(19-15)9-20-8-10(2)3/h10-11H,4-9H2,1-3H3,(H,17,18,19). The van der Waals surface area contributed by atoms with Gasteiger partial charge in [-0.25, -0.2) is 9.97 Å².